The quantitative estimate of drug-likeness (QED) is 0.891. The van der Waals surface area contributed by atoms with Crippen molar-refractivity contribution in [2.24, 2.45) is 7.05 Å². The van der Waals surface area contributed by atoms with Crippen LogP contribution in [0.15, 0.2) is 22.7 Å². The zero-order valence-corrected chi connectivity index (χ0v) is 14.2. The maximum Gasteiger partial charge on any atom is 0.222 e. The van der Waals surface area contributed by atoms with Crippen molar-refractivity contribution in [2.75, 3.05) is 0 Å². The standard InChI is InChI=1S/C16H20BrN3O/c1-10-4-5-12(17)8-15(10)21-16-14(9-18-13-6-7-13)11(2)19-20(16)3/h4-5,8,13,18H,6-7,9H2,1-3H3. The summed E-state index contributed by atoms with van der Waals surface area (Å²) in [7, 11) is 1.93. The summed E-state index contributed by atoms with van der Waals surface area (Å²) in [5.41, 5.74) is 3.27. The predicted molar refractivity (Wildman–Crippen MR) is 86.8 cm³/mol. The summed E-state index contributed by atoms with van der Waals surface area (Å²) in [5, 5.41) is 8.03. The Labute approximate surface area is 133 Å². The van der Waals surface area contributed by atoms with Gasteiger partial charge < -0.3 is 10.1 Å². The van der Waals surface area contributed by atoms with Gasteiger partial charge in [0.1, 0.15) is 5.75 Å². The lowest BCUT2D eigenvalue weighted by Gasteiger charge is -2.12. The van der Waals surface area contributed by atoms with Crippen LogP contribution in [0.25, 0.3) is 0 Å². The number of benzene rings is 1. The molecule has 0 saturated heterocycles. The van der Waals surface area contributed by atoms with Gasteiger partial charge in [-0.15, -0.1) is 0 Å². The zero-order chi connectivity index (χ0) is 15.0. The highest BCUT2D eigenvalue weighted by Gasteiger charge is 2.23. The lowest BCUT2D eigenvalue weighted by molar-refractivity contribution is 0.421. The van der Waals surface area contributed by atoms with E-state index in [0.29, 0.717) is 6.04 Å². The first-order valence-corrected chi connectivity index (χ1v) is 8.03. The van der Waals surface area contributed by atoms with Crippen molar-refractivity contribution < 1.29 is 4.74 Å². The first-order chi connectivity index (χ1) is 10.0. The van der Waals surface area contributed by atoms with E-state index in [1.807, 2.05) is 43.8 Å². The molecule has 1 heterocycles. The predicted octanol–water partition coefficient (Wildman–Crippen LogP) is 3.84. The van der Waals surface area contributed by atoms with Crippen molar-refractivity contribution in [1.29, 1.82) is 0 Å². The fraction of sp³-hybridized carbons (Fsp3) is 0.438. The van der Waals surface area contributed by atoms with E-state index in [2.05, 4.69) is 26.3 Å². The van der Waals surface area contributed by atoms with Crippen LogP contribution in [0.3, 0.4) is 0 Å². The van der Waals surface area contributed by atoms with Crippen molar-refractivity contribution >= 4 is 15.9 Å². The second-order valence-corrected chi connectivity index (χ2v) is 6.58. The van der Waals surface area contributed by atoms with E-state index in [1.54, 1.807) is 0 Å². The van der Waals surface area contributed by atoms with Crippen LogP contribution in [0.2, 0.25) is 0 Å². The number of hydrogen-bond acceptors (Lipinski definition) is 3. The molecule has 0 radical (unpaired) electrons. The Morgan fingerprint density at radius 3 is 2.86 bits per heavy atom. The zero-order valence-electron chi connectivity index (χ0n) is 12.6. The van der Waals surface area contributed by atoms with E-state index in [9.17, 15) is 0 Å². The summed E-state index contributed by atoms with van der Waals surface area (Å²) in [4.78, 5) is 0. The first kappa shape index (κ1) is 14.6. The first-order valence-electron chi connectivity index (χ1n) is 7.24. The van der Waals surface area contributed by atoms with E-state index in [1.165, 1.54) is 12.8 Å². The van der Waals surface area contributed by atoms with E-state index in [0.717, 1.165) is 39.5 Å². The summed E-state index contributed by atoms with van der Waals surface area (Å²) >= 11 is 3.50. The van der Waals surface area contributed by atoms with Gasteiger partial charge >= 0.3 is 0 Å². The van der Waals surface area contributed by atoms with Gasteiger partial charge in [-0.05, 0) is 44.4 Å². The third-order valence-corrected chi connectivity index (χ3v) is 4.28. The highest BCUT2D eigenvalue weighted by atomic mass is 79.9. The second kappa shape index (κ2) is 5.81. The molecule has 112 valence electrons. The van der Waals surface area contributed by atoms with Crippen LogP contribution in [-0.2, 0) is 13.6 Å². The fourth-order valence-corrected chi connectivity index (χ4v) is 2.67. The summed E-state index contributed by atoms with van der Waals surface area (Å²) in [6, 6.07) is 6.73. The number of rotatable bonds is 5. The Balaban J connectivity index is 1.87. The van der Waals surface area contributed by atoms with E-state index in [4.69, 9.17) is 4.74 Å². The van der Waals surface area contributed by atoms with Gasteiger partial charge in [0.25, 0.3) is 0 Å². The molecule has 1 aromatic carbocycles. The topological polar surface area (TPSA) is 39.1 Å². The number of aryl methyl sites for hydroxylation is 3. The monoisotopic (exact) mass is 349 g/mol. The fourth-order valence-electron chi connectivity index (χ4n) is 2.33. The molecule has 0 aliphatic heterocycles. The molecule has 0 bridgehead atoms. The summed E-state index contributed by atoms with van der Waals surface area (Å²) in [6.07, 6.45) is 2.56. The van der Waals surface area contributed by atoms with Crippen LogP contribution < -0.4 is 10.1 Å². The van der Waals surface area contributed by atoms with Crippen LogP contribution in [0, 0.1) is 13.8 Å². The van der Waals surface area contributed by atoms with Gasteiger partial charge in [0.2, 0.25) is 5.88 Å². The molecule has 0 atom stereocenters. The molecule has 1 fully saturated rings. The molecule has 4 nitrogen and oxygen atoms in total. The molecule has 1 saturated carbocycles. The Hall–Kier alpha value is -1.33. The van der Waals surface area contributed by atoms with E-state index >= 15 is 0 Å². The van der Waals surface area contributed by atoms with Crippen LogP contribution >= 0.6 is 15.9 Å². The van der Waals surface area contributed by atoms with Crippen molar-refractivity contribution in [3.8, 4) is 11.6 Å². The van der Waals surface area contributed by atoms with Crippen molar-refractivity contribution in [2.45, 2.75) is 39.3 Å². The molecule has 0 spiro atoms. The maximum atomic E-state index is 6.16. The Morgan fingerprint density at radius 1 is 1.38 bits per heavy atom. The normalized spacial score (nSPS) is 14.5. The number of nitrogens with one attached hydrogen (secondary N) is 1. The van der Waals surface area contributed by atoms with Crippen molar-refractivity contribution in [1.82, 2.24) is 15.1 Å². The molecule has 5 heteroatoms. The molecule has 1 N–H and O–H groups in total. The summed E-state index contributed by atoms with van der Waals surface area (Å²) in [6.45, 7) is 4.89. The van der Waals surface area contributed by atoms with Crippen LogP contribution in [0.1, 0.15) is 29.7 Å². The Morgan fingerprint density at radius 2 is 2.14 bits per heavy atom. The van der Waals surface area contributed by atoms with Gasteiger partial charge in [0.05, 0.1) is 11.3 Å². The molecule has 1 aliphatic carbocycles. The summed E-state index contributed by atoms with van der Waals surface area (Å²) < 4.78 is 8.99. The Bertz CT molecular complexity index is 662. The molecule has 3 rings (SSSR count). The molecular weight excluding hydrogens is 330 g/mol. The molecule has 0 unspecified atom stereocenters. The van der Waals surface area contributed by atoms with Gasteiger partial charge in [-0.25, -0.2) is 4.68 Å². The minimum Gasteiger partial charge on any atom is -0.439 e. The molecular formula is C16H20BrN3O. The highest BCUT2D eigenvalue weighted by Crippen LogP contribution is 2.32. The number of hydrogen-bond donors (Lipinski definition) is 1. The number of ether oxygens (including phenoxy) is 1. The largest absolute Gasteiger partial charge is 0.439 e. The maximum absolute atomic E-state index is 6.16. The van der Waals surface area contributed by atoms with Crippen LogP contribution in [0.5, 0.6) is 11.6 Å². The van der Waals surface area contributed by atoms with Gasteiger partial charge in [-0.3, -0.25) is 0 Å². The molecule has 1 aromatic heterocycles. The molecule has 21 heavy (non-hydrogen) atoms. The van der Waals surface area contributed by atoms with Crippen LogP contribution in [0.4, 0.5) is 0 Å². The van der Waals surface area contributed by atoms with Gasteiger partial charge in [0.15, 0.2) is 0 Å². The van der Waals surface area contributed by atoms with E-state index < -0.39 is 0 Å². The minimum absolute atomic E-state index is 0.671. The van der Waals surface area contributed by atoms with Crippen LogP contribution in [-0.4, -0.2) is 15.8 Å². The Kier molecular flexibility index (Phi) is 4.04. The number of nitrogens with zero attached hydrogens (tertiary/aromatic N) is 2. The molecule has 2 aromatic rings. The lowest BCUT2D eigenvalue weighted by atomic mass is 10.2. The third-order valence-electron chi connectivity index (χ3n) is 3.79. The number of halogens is 1. The molecule has 0 amide bonds. The van der Waals surface area contributed by atoms with Gasteiger partial charge in [0, 0.05) is 24.1 Å². The van der Waals surface area contributed by atoms with E-state index in [-0.39, 0.29) is 0 Å². The summed E-state index contributed by atoms with van der Waals surface area (Å²) in [5.74, 6) is 1.68. The van der Waals surface area contributed by atoms with Crippen molar-refractivity contribution in [3.05, 3.63) is 39.5 Å². The second-order valence-electron chi connectivity index (χ2n) is 5.66. The number of aromatic nitrogens is 2. The average Bonchev–Trinajstić information content (AvgIpc) is 3.21. The smallest absolute Gasteiger partial charge is 0.222 e. The van der Waals surface area contributed by atoms with Gasteiger partial charge in [-0.2, -0.15) is 5.10 Å². The minimum atomic E-state index is 0.671. The van der Waals surface area contributed by atoms with Gasteiger partial charge in [-0.1, -0.05) is 22.0 Å². The van der Waals surface area contributed by atoms with Crippen molar-refractivity contribution in [3.63, 3.8) is 0 Å². The third kappa shape index (κ3) is 3.30. The SMILES string of the molecule is Cc1ccc(Br)cc1Oc1c(CNC2CC2)c(C)nn1C. The highest BCUT2D eigenvalue weighted by molar-refractivity contribution is 9.10. The lowest BCUT2D eigenvalue weighted by Crippen LogP contribution is -2.16. The average molecular weight is 350 g/mol. The molecule has 1 aliphatic rings.